The van der Waals surface area contributed by atoms with Gasteiger partial charge in [0.05, 0.1) is 11.5 Å². The standard InChI is InChI=1S/C11H15ClN2O3/c1-7-4-11(14(16)17)9(12)5-10(7)13(3)8(2)6-15/h4-5,8,15H,6H2,1-3H3. The van der Waals surface area contributed by atoms with Crippen LogP contribution in [0.25, 0.3) is 0 Å². The van der Waals surface area contributed by atoms with E-state index >= 15 is 0 Å². The molecule has 1 aromatic carbocycles. The molecule has 0 heterocycles. The van der Waals surface area contributed by atoms with Crippen molar-refractivity contribution in [3.05, 3.63) is 32.8 Å². The molecule has 0 spiro atoms. The summed E-state index contributed by atoms with van der Waals surface area (Å²) in [4.78, 5) is 12.0. The molecule has 1 unspecified atom stereocenters. The second-order valence-corrected chi connectivity index (χ2v) is 4.40. The maximum Gasteiger partial charge on any atom is 0.288 e. The van der Waals surface area contributed by atoms with E-state index in [1.54, 1.807) is 13.0 Å². The first-order valence-corrected chi connectivity index (χ1v) is 5.54. The molecule has 17 heavy (non-hydrogen) atoms. The molecule has 0 aliphatic carbocycles. The summed E-state index contributed by atoms with van der Waals surface area (Å²) in [5.74, 6) is 0. The third-order valence-corrected chi connectivity index (χ3v) is 3.07. The molecular formula is C11H15ClN2O3. The largest absolute Gasteiger partial charge is 0.394 e. The van der Waals surface area contributed by atoms with Gasteiger partial charge in [-0.05, 0) is 25.5 Å². The molecule has 1 rings (SSSR count). The third kappa shape index (κ3) is 2.87. The van der Waals surface area contributed by atoms with Gasteiger partial charge in [-0.3, -0.25) is 10.1 Å². The van der Waals surface area contributed by atoms with Crippen molar-refractivity contribution < 1.29 is 10.0 Å². The summed E-state index contributed by atoms with van der Waals surface area (Å²) >= 11 is 5.86. The van der Waals surface area contributed by atoms with E-state index in [4.69, 9.17) is 16.7 Å². The lowest BCUT2D eigenvalue weighted by Crippen LogP contribution is -2.32. The van der Waals surface area contributed by atoms with Crippen LogP contribution < -0.4 is 4.90 Å². The van der Waals surface area contributed by atoms with Crippen molar-refractivity contribution >= 4 is 23.0 Å². The smallest absolute Gasteiger partial charge is 0.288 e. The number of nitrogens with zero attached hydrogens (tertiary/aromatic N) is 2. The molecule has 0 saturated heterocycles. The van der Waals surface area contributed by atoms with E-state index in [9.17, 15) is 10.1 Å². The molecule has 1 aromatic rings. The average molecular weight is 259 g/mol. The fourth-order valence-electron chi connectivity index (χ4n) is 1.54. The second kappa shape index (κ2) is 5.33. The normalized spacial score (nSPS) is 12.3. The Bertz CT molecular complexity index is 437. The summed E-state index contributed by atoms with van der Waals surface area (Å²) in [6.45, 7) is 3.64. The van der Waals surface area contributed by atoms with Gasteiger partial charge in [-0.1, -0.05) is 11.6 Å². The molecule has 1 N–H and O–H groups in total. The Hall–Kier alpha value is -1.33. The molecule has 0 bridgehead atoms. The molecule has 0 saturated carbocycles. The maximum absolute atomic E-state index is 10.7. The minimum Gasteiger partial charge on any atom is -0.394 e. The number of likely N-dealkylation sites (N-methyl/N-ethyl adjacent to an activating group) is 1. The molecule has 0 aliphatic rings. The minimum absolute atomic E-state index is 0.00451. The summed E-state index contributed by atoms with van der Waals surface area (Å²) in [6.07, 6.45) is 0. The summed E-state index contributed by atoms with van der Waals surface area (Å²) < 4.78 is 0. The van der Waals surface area contributed by atoms with E-state index in [0.717, 1.165) is 11.3 Å². The number of anilines is 1. The van der Waals surface area contributed by atoms with Crippen LogP contribution >= 0.6 is 11.6 Å². The number of hydrogen-bond donors (Lipinski definition) is 1. The zero-order chi connectivity index (χ0) is 13.2. The average Bonchev–Trinajstić information content (AvgIpc) is 2.29. The molecule has 0 fully saturated rings. The van der Waals surface area contributed by atoms with Crippen LogP contribution in [0.5, 0.6) is 0 Å². The van der Waals surface area contributed by atoms with Gasteiger partial charge in [0.15, 0.2) is 0 Å². The topological polar surface area (TPSA) is 66.6 Å². The molecule has 6 heteroatoms. The first kappa shape index (κ1) is 13.7. The Morgan fingerprint density at radius 2 is 2.18 bits per heavy atom. The van der Waals surface area contributed by atoms with E-state index in [1.807, 2.05) is 18.9 Å². The van der Waals surface area contributed by atoms with E-state index in [0.29, 0.717) is 0 Å². The van der Waals surface area contributed by atoms with E-state index in [-0.39, 0.29) is 23.4 Å². The van der Waals surface area contributed by atoms with Crippen LogP contribution in [0.3, 0.4) is 0 Å². The van der Waals surface area contributed by atoms with Gasteiger partial charge in [0.25, 0.3) is 5.69 Å². The van der Waals surface area contributed by atoms with Crippen LogP contribution in [0.2, 0.25) is 5.02 Å². The Labute approximate surface area is 105 Å². The van der Waals surface area contributed by atoms with Crippen molar-refractivity contribution in [2.24, 2.45) is 0 Å². The Balaban J connectivity index is 3.20. The van der Waals surface area contributed by atoms with E-state index in [2.05, 4.69) is 0 Å². The molecular weight excluding hydrogens is 244 g/mol. The third-order valence-electron chi connectivity index (χ3n) is 2.77. The molecule has 5 nitrogen and oxygen atoms in total. The maximum atomic E-state index is 10.7. The van der Waals surface area contributed by atoms with Crippen LogP contribution in [0, 0.1) is 17.0 Å². The van der Waals surface area contributed by atoms with E-state index < -0.39 is 4.92 Å². The predicted octanol–water partition coefficient (Wildman–Crippen LogP) is 2.37. The van der Waals surface area contributed by atoms with Crippen molar-refractivity contribution in [3.8, 4) is 0 Å². The van der Waals surface area contributed by atoms with Crippen LogP contribution in [0.4, 0.5) is 11.4 Å². The Morgan fingerprint density at radius 1 is 1.59 bits per heavy atom. The molecule has 0 aliphatic heterocycles. The number of aryl methyl sites for hydroxylation is 1. The number of rotatable bonds is 4. The number of nitro benzene ring substituents is 1. The highest BCUT2D eigenvalue weighted by molar-refractivity contribution is 6.33. The van der Waals surface area contributed by atoms with Crippen LogP contribution in [0.1, 0.15) is 12.5 Å². The van der Waals surface area contributed by atoms with Gasteiger partial charge in [0.1, 0.15) is 5.02 Å². The van der Waals surface area contributed by atoms with Gasteiger partial charge >= 0.3 is 0 Å². The first-order chi connectivity index (χ1) is 7.88. The number of benzene rings is 1. The Kier molecular flexibility index (Phi) is 4.31. The highest BCUT2D eigenvalue weighted by atomic mass is 35.5. The van der Waals surface area contributed by atoms with Gasteiger partial charge in [0.2, 0.25) is 0 Å². The quantitative estimate of drug-likeness (QED) is 0.665. The molecule has 0 aromatic heterocycles. The predicted molar refractivity (Wildman–Crippen MR) is 67.8 cm³/mol. The highest BCUT2D eigenvalue weighted by Gasteiger charge is 2.18. The van der Waals surface area contributed by atoms with Crippen molar-refractivity contribution in [2.45, 2.75) is 19.9 Å². The number of hydrogen-bond acceptors (Lipinski definition) is 4. The second-order valence-electron chi connectivity index (χ2n) is 3.99. The monoisotopic (exact) mass is 258 g/mol. The summed E-state index contributed by atoms with van der Waals surface area (Å²) in [7, 11) is 1.81. The number of aliphatic hydroxyl groups is 1. The molecule has 1 atom stereocenters. The van der Waals surface area contributed by atoms with Crippen molar-refractivity contribution in [1.82, 2.24) is 0 Å². The van der Waals surface area contributed by atoms with Gasteiger partial charge < -0.3 is 10.0 Å². The number of halogens is 1. The van der Waals surface area contributed by atoms with Crippen LogP contribution in [-0.2, 0) is 0 Å². The number of aliphatic hydroxyl groups excluding tert-OH is 1. The van der Waals surface area contributed by atoms with Gasteiger partial charge in [-0.2, -0.15) is 0 Å². The molecule has 94 valence electrons. The molecule has 0 amide bonds. The van der Waals surface area contributed by atoms with Gasteiger partial charge in [0, 0.05) is 24.8 Å². The van der Waals surface area contributed by atoms with Crippen molar-refractivity contribution in [1.29, 1.82) is 0 Å². The summed E-state index contributed by atoms with van der Waals surface area (Å²) in [6, 6.07) is 2.92. The van der Waals surface area contributed by atoms with Crippen LogP contribution in [0.15, 0.2) is 12.1 Å². The summed E-state index contributed by atoms with van der Waals surface area (Å²) in [5, 5.41) is 19.9. The Morgan fingerprint density at radius 3 is 2.65 bits per heavy atom. The zero-order valence-corrected chi connectivity index (χ0v) is 10.7. The minimum atomic E-state index is -0.505. The van der Waals surface area contributed by atoms with Crippen molar-refractivity contribution in [2.75, 3.05) is 18.6 Å². The molecule has 0 radical (unpaired) electrons. The zero-order valence-electron chi connectivity index (χ0n) is 9.98. The number of nitro groups is 1. The fourth-order valence-corrected chi connectivity index (χ4v) is 1.76. The fraction of sp³-hybridized carbons (Fsp3) is 0.455. The lowest BCUT2D eigenvalue weighted by Gasteiger charge is -2.27. The summed E-state index contributed by atoms with van der Waals surface area (Å²) in [5.41, 5.74) is 1.43. The highest BCUT2D eigenvalue weighted by Crippen LogP contribution is 2.32. The van der Waals surface area contributed by atoms with Crippen molar-refractivity contribution in [3.63, 3.8) is 0 Å². The van der Waals surface area contributed by atoms with Gasteiger partial charge in [-0.15, -0.1) is 0 Å². The lowest BCUT2D eigenvalue weighted by atomic mass is 10.1. The SMILES string of the molecule is Cc1cc([N+](=O)[O-])c(Cl)cc1N(C)C(C)CO. The van der Waals surface area contributed by atoms with Crippen LogP contribution in [-0.4, -0.2) is 29.7 Å². The first-order valence-electron chi connectivity index (χ1n) is 5.16. The van der Waals surface area contributed by atoms with E-state index in [1.165, 1.54) is 6.07 Å². The lowest BCUT2D eigenvalue weighted by molar-refractivity contribution is -0.384. The van der Waals surface area contributed by atoms with Gasteiger partial charge in [-0.25, -0.2) is 0 Å².